The summed E-state index contributed by atoms with van der Waals surface area (Å²) in [6.07, 6.45) is 3.23. The van der Waals surface area contributed by atoms with Crippen LogP contribution in [0.1, 0.15) is 29.9 Å². The summed E-state index contributed by atoms with van der Waals surface area (Å²) in [6, 6.07) is 18.9. The molecule has 2 aromatic carbocycles. The van der Waals surface area contributed by atoms with Crippen molar-refractivity contribution in [3.8, 4) is 0 Å². The highest BCUT2D eigenvalue weighted by Crippen LogP contribution is 2.55. The smallest absolute Gasteiger partial charge is 0.137 e. The quantitative estimate of drug-likeness (QED) is 0.762. The number of hydrogen-bond donors (Lipinski definition) is 0. The van der Waals surface area contributed by atoms with E-state index in [2.05, 4.69) is 55.5 Å². The summed E-state index contributed by atoms with van der Waals surface area (Å²) in [4.78, 5) is 12.9. The number of hydrogen-bond acceptors (Lipinski definition) is 2. The molecule has 2 heteroatoms. The van der Waals surface area contributed by atoms with Gasteiger partial charge in [0, 0.05) is 10.8 Å². The molecule has 0 N–H and O–H groups in total. The molecule has 0 aromatic heterocycles. The SMILES string of the molecule is Cc1ccc(SC2(C=O)CCC2c2ccccc2)cc1. The van der Waals surface area contributed by atoms with Crippen LogP contribution in [0.5, 0.6) is 0 Å². The zero-order chi connectivity index (χ0) is 14.0. The minimum atomic E-state index is -0.281. The molecular weight excluding hydrogens is 264 g/mol. The third kappa shape index (κ3) is 2.40. The fourth-order valence-electron chi connectivity index (χ4n) is 2.82. The van der Waals surface area contributed by atoms with Crippen LogP contribution in [0.2, 0.25) is 0 Å². The van der Waals surface area contributed by atoms with Gasteiger partial charge in [-0.15, -0.1) is 11.8 Å². The number of thioether (sulfide) groups is 1. The molecular formula is C18H18OS. The molecule has 0 heterocycles. The largest absolute Gasteiger partial charge is 0.302 e. The van der Waals surface area contributed by atoms with Crippen LogP contribution in [0.25, 0.3) is 0 Å². The lowest BCUT2D eigenvalue weighted by molar-refractivity contribution is -0.112. The van der Waals surface area contributed by atoms with Gasteiger partial charge in [-0.3, -0.25) is 0 Å². The van der Waals surface area contributed by atoms with Crippen molar-refractivity contribution in [2.75, 3.05) is 0 Å². The van der Waals surface area contributed by atoms with Crippen molar-refractivity contribution in [1.29, 1.82) is 0 Å². The van der Waals surface area contributed by atoms with E-state index in [-0.39, 0.29) is 4.75 Å². The van der Waals surface area contributed by atoms with Gasteiger partial charge in [-0.25, -0.2) is 0 Å². The topological polar surface area (TPSA) is 17.1 Å². The zero-order valence-electron chi connectivity index (χ0n) is 11.6. The van der Waals surface area contributed by atoms with Crippen LogP contribution in [0.4, 0.5) is 0 Å². The molecule has 1 fully saturated rings. The van der Waals surface area contributed by atoms with Crippen molar-refractivity contribution >= 4 is 18.0 Å². The summed E-state index contributed by atoms with van der Waals surface area (Å²) >= 11 is 1.72. The monoisotopic (exact) mass is 282 g/mol. The van der Waals surface area contributed by atoms with Gasteiger partial charge in [0.05, 0.1) is 4.75 Å². The molecule has 102 valence electrons. The molecule has 0 aliphatic heterocycles. The molecule has 0 saturated heterocycles. The Hall–Kier alpha value is -1.54. The van der Waals surface area contributed by atoms with Crippen LogP contribution in [0.3, 0.4) is 0 Å². The summed E-state index contributed by atoms with van der Waals surface area (Å²) in [7, 11) is 0. The van der Waals surface area contributed by atoms with E-state index in [9.17, 15) is 4.79 Å². The highest BCUT2D eigenvalue weighted by molar-refractivity contribution is 8.01. The van der Waals surface area contributed by atoms with Crippen molar-refractivity contribution in [1.82, 2.24) is 0 Å². The van der Waals surface area contributed by atoms with E-state index < -0.39 is 0 Å². The van der Waals surface area contributed by atoms with Crippen molar-refractivity contribution in [3.05, 3.63) is 65.7 Å². The Bertz CT molecular complexity index is 591. The highest BCUT2D eigenvalue weighted by atomic mass is 32.2. The van der Waals surface area contributed by atoms with Gasteiger partial charge in [0.25, 0.3) is 0 Å². The molecule has 1 saturated carbocycles. The Morgan fingerprint density at radius 2 is 1.80 bits per heavy atom. The second-order valence-corrected chi connectivity index (χ2v) is 6.93. The molecule has 20 heavy (non-hydrogen) atoms. The number of rotatable bonds is 4. The standard InChI is InChI=1S/C18H18OS/c1-14-7-9-16(10-8-14)20-18(13-19)12-11-17(18)15-5-3-2-4-6-15/h2-10,13,17H,11-12H2,1H3. The molecule has 1 aliphatic carbocycles. The molecule has 0 spiro atoms. The van der Waals surface area contributed by atoms with E-state index in [1.165, 1.54) is 22.3 Å². The number of benzene rings is 2. The van der Waals surface area contributed by atoms with E-state index in [0.717, 1.165) is 12.8 Å². The van der Waals surface area contributed by atoms with Gasteiger partial charge in [0.1, 0.15) is 6.29 Å². The van der Waals surface area contributed by atoms with Gasteiger partial charge in [0.15, 0.2) is 0 Å². The third-order valence-corrected chi connectivity index (χ3v) is 5.62. The van der Waals surface area contributed by atoms with Crippen molar-refractivity contribution in [3.63, 3.8) is 0 Å². The maximum absolute atomic E-state index is 11.7. The minimum Gasteiger partial charge on any atom is -0.302 e. The minimum absolute atomic E-state index is 0.281. The summed E-state index contributed by atoms with van der Waals surface area (Å²) in [5.74, 6) is 0.340. The van der Waals surface area contributed by atoms with Gasteiger partial charge in [0.2, 0.25) is 0 Å². The van der Waals surface area contributed by atoms with Gasteiger partial charge in [-0.05, 0) is 37.5 Å². The first-order valence-corrected chi connectivity index (χ1v) is 7.82. The second-order valence-electron chi connectivity index (χ2n) is 5.49. The Morgan fingerprint density at radius 3 is 2.35 bits per heavy atom. The maximum Gasteiger partial charge on any atom is 0.137 e. The summed E-state index contributed by atoms with van der Waals surface area (Å²) in [5, 5.41) is 0. The molecule has 3 rings (SSSR count). The first-order chi connectivity index (χ1) is 9.73. The summed E-state index contributed by atoms with van der Waals surface area (Å²) < 4.78 is -0.281. The predicted octanol–water partition coefficient (Wildman–Crippen LogP) is 4.60. The molecule has 1 aliphatic rings. The first kappa shape index (κ1) is 13.4. The number of carbonyl (C=O) groups is 1. The van der Waals surface area contributed by atoms with E-state index in [1.807, 2.05) is 6.07 Å². The highest BCUT2D eigenvalue weighted by Gasteiger charge is 2.48. The Morgan fingerprint density at radius 1 is 1.10 bits per heavy atom. The Balaban J connectivity index is 1.85. The van der Waals surface area contributed by atoms with Crippen LogP contribution >= 0.6 is 11.8 Å². The fourth-order valence-corrected chi connectivity index (χ4v) is 4.20. The third-order valence-electron chi connectivity index (χ3n) is 4.14. The normalized spacial score (nSPS) is 24.9. The lowest BCUT2D eigenvalue weighted by atomic mass is 9.70. The van der Waals surface area contributed by atoms with Crippen molar-refractivity contribution in [2.45, 2.75) is 35.3 Å². The predicted molar refractivity (Wildman–Crippen MR) is 84.2 cm³/mol. The van der Waals surface area contributed by atoms with E-state index >= 15 is 0 Å². The molecule has 2 unspecified atom stereocenters. The van der Waals surface area contributed by atoms with Crippen LogP contribution in [0, 0.1) is 6.92 Å². The van der Waals surface area contributed by atoms with E-state index in [4.69, 9.17) is 0 Å². The zero-order valence-corrected chi connectivity index (χ0v) is 12.4. The van der Waals surface area contributed by atoms with Gasteiger partial charge in [-0.2, -0.15) is 0 Å². The summed E-state index contributed by atoms with van der Waals surface area (Å²) in [5.41, 5.74) is 2.54. The first-order valence-electron chi connectivity index (χ1n) is 7.00. The lowest BCUT2D eigenvalue weighted by Crippen LogP contribution is -2.43. The molecule has 0 amide bonds. The van der Waals surface area contributed by atoms with Gasteiger partial charge >= 0.3 is 0 Å². The van der Waals surface area contributed by atoms with Gasteiger partial charge < -0.3 is 4.79 Å². The lowest BCUT2D eigenvalue weighted by Gasteiger charge is -2.45. The van der Waals surface area contributed by atoms with Crippen LogP contribution in [0.15, 0.2) is 59.5 Å². The van der Waals surface area contributed by atoms with Crippen LogP contribution < -0.4 is 0 Å². The summed E-state index contributed by atoms with van der Waals surface area (Å²) in [6.45, 7) is 2.08. The molecule has 0 bridgehead atoms. The molecule has 1 nitrogen and oxygen atoms in total. The fraction of sp³-hybridized carbons (Fsp3) is 0.278. The Labute approximate surface area is 124 Å². The second kappa shape index (κ2) is 5.45. The van der Waals surface area contributed by atoms with Crippen LogP contribution in [-0.2, 0) is 4.79 Å². The average Bonchev–Trinajstić information content (AvgIpc) is 2.47. The van der Waals surface area contributed by atoms with Crippen molar-refractivity contribution < 1.29 is 4.79 Å². The van der Waals surface area contributed by atoms with Gasteiger partial charge in [-0.1, -0.05) is 48.0 Å². The molecule has 0 radical (unpaired) electrons. The number of carbonyl (C=O) groups excluding carboxylic acids is 1. The Kier molecular flexibility index (Phi) is 3.66. The van der Waals surface area contributed by atoms with Crippen LogP contribution in [-0.4, -0.2) is 11.0 Å². The molecule has 2 atom stereocenters. The van der Waals surface area contributed by atoms with Crippen molar-refractivity contribution in [2.24, 2.45) is 0 Å². The average molecular weight is 282 g/mol. The van der Waals surface area contributed by atoms with E-state index in [0.29, 0.717) is 5.92 Å². The van der Waals surface area contributed by atoms with E-state index in [1.54, 1.807) is 11.8 Å². The maximum atomic E-state index is 11.7. The number of aldehydes is 1. The number of aryl methyl sites for hydroxylation is 1. The molecule has 2 aromatic rings.